The maximum absolute atomic E-state index is 12.8. The maximum Gasteiger partial charge on any atom is 0.315 e. The number of hydrogen-bond donors (Lipinski definition) is 3. The number of hydrogen-bond acceptors (Lipinski definition) is 5. The maximum atomic E-state index is 12.8. The lowest BCUT2D eigenvalue weighted by Gasteiger charge is -2.35. The van der Waals surface area contributed by atoms with Gasteiger partial charge in [-0.25, -0.2) is 17.5 Å². The zero-order valence-electron chi connectivity index (χ0n) is 19.8. The van der Waals surface area contributed by atoms with E-state index in [2.05, 4.69) is 20.9 Å². The number of rotatable bonds is 7. The second-order valence-electron chi connectivity index (χ2n) is 9.24. The molecule has 1 saturated heterocycles. The number of nitrogens with zero attached hydrogens (tertiary/aromatic N) is 2. The average Bonchev–Trinajstić information content (AvgIpc) is 2.79. The van der Waals surface area contributed by atoms with Crippen LogP contribution in [-0.2, 0) is 14.8 Å². The Balaban J connectivity index is 1.47. The third-order valence-corrected chi connectivity index (χ3v) is 8.42. The van der Waals surface area contributed by atoms with Gasteiger partial charge in [-0.05, 0) is 50.8 Å². The number of sulfonamides is 1. The van der Waals surface area contributed by atoms with Gasteiger partial charge in [-0.1, -0.05) is 25.3 Å². The van der Waals surface area contributed by atoms with E-state index in [-0.39, 0.29) is 35.0 Å². The third-order valence-electron chi connectivity index (χ3n) is 6.61. The summed E-state index contributed by atoms with van der Waals surface area (Å²) >= 11 is 0. The van der Waals surface area contributed by atoms with Gasteiger partial charge in [0.1, 0.15) is 0 Å². The van der Waals surface area contributed by atoms with Crippen LogP contribution in [0.2, 0.25) is 0 Å². The Hall–Kier alpha value is -2.17. The Morgan fingerprint density at radius 3 is 2.21 bits per heavy atom. The van der Waals surface area contributed by atoms with Crippen molar-refractivity contribution in [1.82, 2.24) is 19.8 Å². The molecule has 9 nitrogen and oxygen atoms in total. The monoisotopic (exact) mass is 479 g/mol. The number of carbonyl (C=O) groups is 2. The van der Waals surface area contributed by atoms with Gasteiger partial charge in [-0.3, -0.25) is 9.69 Å². The van der Waals surface area contributed by atoms with E-state index in [0.29, 0.717) is 18.8 Å². The van der Waals surface area contributed by atoms with Crippen molar-refractivity contribution in [2.24, 2.45) is 0 Å². The number of nitrogens with one attached hydrogen (secondary N) is 3. The number of likely N-dealkylation sites (tertiary alicyclic amines) is 1. The highest BCUT2D eigenvalue weighted by atomic mass is 32.2. The van der Waals surface area contributed by atoms with Gasteiger partial charge in [0.15, 0.2) is 0 Å². The van der Waals surface area contributed by atoms with Crippen molar-refractivity contribution < 1.29 is 18.0 Å². The van der Waals surface area contributed by atoms with Gasteiger partial charge >= 0.3 is 6.03 Å². The Labute approximate surface area is 197 Å². The van der Waals surface area contributed by atoms with Crippen LogP contribution in [0.25, 0.3) is 0 Å². The lowest BCUT2D eigenvalue weighted by atomic mass is 9.96. The molecule has 1 atom stereocenters. The molecule has 0 aromatic heterocycles. The average molecular weight is 480 g/mol. The standard InChI is InChI=1S/C23H37N5O4S/c1-17(22(29)24-20-10-7-11-21(16-20)33(31,32)27(2)3)28-14-12-19(13-15-28)26-23(30)25-18-8-5-4-6-9-18/h7,10-11,16-19H,4-6,8-9,12-15H2,1-3H3,(H,24,29)(H2,25,26,30). The number of anilines is 1. The molecule has 1 aliphatic heterocycles. The molecule has 1 heterocycles. The molecule has 0 bridgehead atoms. The largest absolute Gasteiger partial charge is 0.335 e. The molecule has 0 spiro atoms. The molecular weight excluding hydrogens is 442 g/mol. The molecule has 3 amide bonds. The summed E-state index contributed by atoms with van der Waals surface area (Å²) in [6.45, 7) is 3.26. The smallest absolute Gasteiger partial charge is 0.315 e. The predicted octanol–water partition coefficient (Wildman–Crippen LogP) is 2.36. The van der Waals surface area contributed by atoms with E-state index < -0.39 is 10.0 Å². The summed E-state index contributed by atoms with van der Waals surface area (Å²) in [5, 5.41) is 9.02. The van der Waals surface area contributed by atoms with Crippen LogP contribution in [0.1, 0.15) is 51.9 Å². The predicted molar refractivity (Wildman–Crippen MR) is 129 cm³/mol. The zero-order valence-corrected chi connectivity index (χ0v) is 20.7. The van der Waals surface area contributed by atoms with E-state index in [0.717, 1.165) is 30.0 Å². The first-order valence-corrected chi connectivity index (χ1v) is 13.3. The number of urea groups is 1. The number of piperidine rings is 1. The van der Waals surface area contributed by atoms with Crippen molar-refractivity contribution in [3.8, 4) is 0 Å². The van der Waals surface area contributed by atoms with Crippen LogP contribution >= 0.6 is 0 Å². The lowest BCUT2D eigenvalue weighted by molar-refractivity contribution is -0.121. The molecule has 1 aromatic carbocycles. The molecule has 1 saturated carbocycles. The van der Waals surface area contributed by atoms with Crippen LogP contribution in [-0.4, -0.2) is 74.9 Å². The summed E-state index contributed by atoms with van der Waals surface area (Å²) in [5.74, 6) is -0.184. The SMILES string of the molecule is CC(C(=O)Nc1cccc(S(=O)(=O)N(C)C)c1)N1CCC(NC(=O)NC2CCCCC2)CC1. The van der Waals surface area contributed by atoms with Gasteiger partial charge in [0, 0.05) is 45.0 Å². The lowest BCUT2D eigenvalue weighted by Crippen LogP contribution is -2.53. The molecule has 33 heavy (non-hydrogen) atoms. The topological polar surface area (TPSA) is 111 Å². The van der Waals surface area contributed by atoms with Gasteiger partial charge in [0.05, 0.1) is 10.9 Å². The van der Waals surface area contributed by atoms with E-state index in [9.17, 15) is 18.0 Å². The van der Waals surface area contributed by atoms with Crippen molar-refractivity contribution in [3.05, 3.63) is 24.3 Å². The summed E-state index contributed by atoms with van der Waals surface area (Å²) in [7, 11) is -0.624. The fourth-order valence-corrected chi connectivity index (χ4v) is 5.40. The van der Waals surface area contributed by atoms with E-state index in [4.69, 9.17) is 0 Å². The number of benzene rings is 1. The van der Waals surface area contributed by atoms with Crippen LogP contribution in [0.3, 0.4) is 0 Å². The van der Waals surface area contributed by atoms with Crippen LogP contribution in [0, 0.1) is 0 Å². The third kappa shape index (κ3) is 6.91. The second kappa shape index (κ2) is 11.3. The van der Waals surface area contributed by atoms with Crippen LogP contribution in [0.15, 0.2) is 29.2 Å². The summed E-state index contributed by atoms with van der Waals surface area (Å²) in [6.07, 6.45) is 7.30. The quantitative estimate of drug-likeness (QED) is 0.556. The molecule has 3 N–H and O–H groups in total. The Morgan fingerprint density at radius 2 is 1.61 bits per heavy atom. The second-order valence-corrected chi connectivity index (χ2v) is 11.4. The van der Waals surface area contributed by atoms with Gasteiger partial charge in [0.25, 0.3) is 0 Å². The molecule has 1 unspecified atom stereocenters. The van der Waals surface area contributed by atoms with Crippen LogP contribution in [0.5, 0.6) is 0 Å². The van der Waals surface area contributed by atoms with E-state index in [1.54, 1.807) is 12.1 Å². The minimum absolute atomic E-state index is 0.0845. The molecule has 0 radical (unpaired) electrons. The molecule has 2 aliphatic rings. The summed E-state index contributed by atoms with van der Waals surface area (Å²) in [4.78, 5) is 27.3. The van der Waals surface area contributed by atoms with Crippen LogP contribution < -0.4 is 16.0 Å². The summed E-state index contributed by atoms with van der Waals surface area (Å²) < 4.78 is 25.8. The van der Waals surface area contributed by atoms with Gasteiger partial charge in [-0.15, -0.1) is 0 Å². The molecule has 1 aliphatic carbocycles. The fourth-order valence-electron chi connectivity index (χ4n) is 4.45. The van der Waals surface area contributed by atoms with Crippen molar-refractivity contribution in [1.29, 1.82) is 0 Å². The highest BCUT2D eigenvalue weighted by Gasteiger charge is 2.28. The first-order valence-electron chi connectivity index (χ1n) is 11.8. The summed E-state index contributed by atoms with van der Waals surface area (Å²) in [6, 6.07) is 6.22. The van der Waals surface area contributed by atoms with Crippen molar-refractivity contribution in [2.45, 2.75) is 74.9 Å². The highest BCUT2D eigenvalue weighted by molar-refractivity contribution is 7.89. The molecule has 10 heteroatoms. The van der Waals surface area contributed by atoms with E-state index in [1.807, 2.05) is 6.92 Å². The van der Waals surface area contributed by atoms with Gasteiger partial charge in [-0.2, -0.15) is 0 Å². The molecule has 3 rings (SSSR count). The van der Waals surface area contributed by atoms with Crippen LogP contribution in [0.4, 0.5) is 10.5 Å². The normalized spacial score (nSPS) is 19.8. The first-order chi connectivity index (χ1) is 15.7. The Morgan fingerprint density at radius 1 is 1.00 bits per heavy atom. The Bertz CT molecular complexity index is 923. The van der Waals surface area contributed by atoms with E-state index >= 15 is 0 Å². The summed E-state index contributed by atoms with van der Waals surface area (Å²) in [5.41, 5.74) is 0.450. The zero-order chi connectivity index (χ0) is 24.0. The van der Waals surface area contributed by atoms with Gasteiger partial charge in [0.2, 0.25) is 15.9 Å². The minimum atomic E-state index is -3.57. The fraction of sp³-hybridized carbons (Fsp3) is 0.652. The highest BCUT2D eigenvalue weighted by Crippen LogP contribution is 2.20. The molecular formula is C23H37N5O4S. The van der Waals surface area contributed by atoms with Crippen molar-refractivity contribution >= 4 is 27.6 Å². The van der Waals surface area contributed by atoms with E-state index in [1.165, 1.54) is 45.5 Å². The first kappa shape index (κ1) is 25.5. The molecule has 1 aromatic rings. The minimum Gasteiger partial charge on any atom is -0.335 e. The number of amides is 3. The number of carbonyl (C=O) groups excluding carboxylic acids is 2. The van der Waals surface area contributed by atoms with Crippen molar-refractivity contribution in [2.75, 3.05) is 32.5 Å². The van der Waals surface area contributed by atoms with Gasteiger partial charge < -0.3 is 16.0 Å². The van der Waals surface area contributed by atoms with Crippen molar-refractivity contribution in [3.63, 3.8) is 0 Å². The molecule has 2 fully saturated rings. The molecule has 184 valence electrons. The Kier molecular flexibility index (Phi) is 8.72.